The second-order valence-corrected chi connectivity index (χ2v) is 8.95. The first kappa shape index (κ1) is 21.5. The van der Waals surface area contributed by atoms with E-state index < -0.39 is 15.9 Å². The molecule has 30 heavy (non-hydrogen) atoms. The molecule has 1 heterocycles. The van der Waals surface area contributed by atoms with Crippen LogP contribution in [0.25, 0.3) is 11.3 Å². The molecular weight excluding hydrogens is 402 g/mol. The lowest BCUT2D eigenvalue weighted by Gasteiger charge is -2.15. The quantitative estimate of drug-likeness (QED) is 0.652. The largest absolute Gasteiger partial charge is 0.495 e. The summed E-state index contributed by atoms with van der Waals surface area (Å²) in [5, 5.41) is 2.74. The number of aryl methyl sites for hydroxylation is 1. The Morgan fingerprint density at radius 3 is 2.33 bits per heavy atom. The second kappa shape index (κ2) is 8.64. The van der Waals surface area contributed by atoms with E-state index in [-0.39, 0.29) is 10.6 Å². The molecule has 0 fully saturated rings. The average Bonchev–Trinajstić information content (AvgIpc) is 2.74. The Balaban J connectivity index is 1.92. The molecule has 0 bridgehead atoms. The number of ether oxygens (including phenoxy) is 1. The molecule has 0 aliphatic heterocycles. The minimum atomic E-state index is -3.66. The summed E-state index contributed by atoms with van der Waals surface area (Å²) >= 11 is 0. The zero-order valence-corrected chi connectivity index (χ0v) is 18.0. The molecule has 0 aliphatic rings. The molecule has 0 saturated heterocycles. The van der Waals surface area contributed by atoms with Gasteiger partial charge in [0, 0.05) is 19.7 Å². The van der Waals surface area contributed by atoms with Crippen LogP contribution in [0.2, 0.25) is 0 Å². The van der Waals surface area contributed by atoms with Crippen LogP contribution < -0.4 is 10.1 Å². The Bertz CT molecular complexity index is 1180. The van der Waals surface area contributed by atoms with E-state index in [0.29, 0.717) is 17.0 Å². The molecule has 3 aromatic rings. The lowest BCUT2D eigenvalue weighted by atomic mass is 10.1. The zero-order chi connectivity index (χ0) is 21.9. The van der Waals surface area contributed by atoms with E-state index in [1.807, 2.05) is 30.3 Å². The number of carbonyl (C=O) groups is 1. The highest BCUT2D eigenvalue weighted by Crippen LogP contribution is 2.29. The maximum absolute atomic E-state index is 12.9. The number of anilines is 1. The van der Waals surface area contributed by atoms with Gasteiger partial charge in [0.1, 0.15) is 5.75 Å². The fourth-order valence-electron chi connectivity index (χ4n) is 2.92. The van der Waals surface area contributed by atoms with Crippen LogP contribution in [-0.2, 0) is 10.0 Å². The predicted molar refractivity (Wildman–Crippen MR) is 116 cm³/mol. The van der Waals surface area contributed by atoms with Crippen LogP contribution in [0.4, 0.5) is 5.69 Å². The molecule has 1 N–H and O–H groups in total. The van der Waals surface area contributed by atoms with E-state index in [4.69, 9.17) is 4.74 Å². The van der Waals surface area contributed by atoms with Crippen molar-refractivity contribution in [3.05, 3.63) is 71.9 Å². The van der Waals surface area contributed by atoms with E-state index in [0.717, 1.165) is 15.6 Å². The predicted octanol–water partition coefficient (Wildman–Crippen LogP) is 3.57. The maximum atomic E-state index is 12.9. The van der Waals surface area contributed by atoms with Gasteiger partial charge in [-0.3, -0.25) is 9.78 Å². The summed E-state index contributed by atoms with van der Waals surface area (Å²) in [4.78, 5) is 17.5. The lowest BCUT2D eigenvalue weighted by Crippen LogP contribution is -2.22. The van der Waals surface area contributed by atoms with Crippen molar-refractivity contribution in [3.63, 3.8) is 0 Å². The first-order chi connectivity index (χ1) is 14.2. The number of rotatable bonds is 6. The normalized spacial score (nSPS) is 11.4. The van der Waals surface area contributed by atoms with Gasteiger partial charge in [-0.1, -0.05) is 30.3 Å². The van der Waals surface area contributed by atoms with Crippen LogP contribution in [0, 0.1) is 6.92 Å². The van der Waals surface area contributed by atoms with Crippen LogP contribution in [0.1, 0.15) is 16.1 Å². The van der Waals surface area contributed by atoms with Crippen molar-refractivity contribution >= 4 is 21.6 Å². The van der Waals surface area contributed by atoms with Crippen molar-refractivity contribution in [2.24, 2.45) is 0 Å². The van der Waals surface area contributed by atoms with Gasteiger partial charge in [0.25, 0.3) is 5.91 Å². The molecule has 2 aromatic carbocycles. The Morgan fingerprint density at radius 2 is 1.73 bits per heavy atom. The minimum Gasteiger partial charge on any atom is -0.495 e. The van der Waals surface area contributed by atoms with Crippen LogP contribution in [0.5, 0.6) is 5.75 Å². The molecule has 156 valence electrons. The number of pyridine rings is 1. The Kier molecular flexibility index (Phi) is 6.19. The third-order valence-corrected chi connectivity index (χ3v) is 6.41. The monoisotopic (exact) mass is 425 g/mol. The summed E-state index contributed by atoms with van der Waals surface area (Å²) in [5.74, 6) is -0.0510. The first-order valence-corrected chi connectivity index (χ1v) is 10.6. The highest BCUT2D eigenvalue weighted by molar-refractivity contribution is 7.89. The number of hydrogen-bond acceptors (Lipinski definition) is 5. The van der Waals surface area contributed by atoms with Crippen molar-refractivity contribution in [3.8, 4) is 17.0 Å². The van der Waals surface area contributed by atoms with Gasteiger partial charge in [-0.15, -0.1) is 0 Å². The third kappa shape index (κ3) is 4.34. The summed E-state index contributed by atoms with van der Waals surface area (Å²) in [6, 6.07) is 17.5. The first-order valence-electron chi connectivity index (χ1n) is 9.19. The van der Waals surface area contributed by atoms with Gasteiger partial charge < -0.3 is 10.1 Å². The molecule has 3 rings (SSSR count). The van der Waals surface area contributed by atoms with Crippen LogP contribution in [0.15, 0.2) is 65.6 Å². The van der Waals surface area contributed by atoms with Crippen LogP contribution in [-0.4, -0.2) is 44.8 Å². The third-order valence-electron chi connectivity index (χ3n) is 4.60. The number of hydrogen-bond donors (Lipinski definition) is 1. The molecular formula is C22H23N3O4S. The summed E-state index contributed by atoms with van der Waals surface area (Å²) in [5.41, 5.74) is 2.93. The molecule has 1 amide bonds. The van der Waals surface area contributed by atoms with E-state index in [1.54, 1.807) is 19.1 Å². The molecule has 0 unspecified atom stereocenters. The molecule has 0 aliphatic carbocycles. The standard InChI is InChI=1S/C22H23N3O4S/c1-15-18(11-12-19(23-15)16-8-6-5-7-9-16)22(26)24-20-14-17(10-13-21(20)29-4)30(27,28)25(2)3/h5-14H,1-4H3,(H,24,26). The smallest absolute Gasteiger partial charge is 0.257 e. The van der Waals surface area contributed by atoms with E-state index in [9.17, 15) is 13.2 Å². The van der Waals surface area contributed by atoms with E-state index in [2.05, 4.69) is 10.3 Å². The maximum Gasteiger partial charge on any atom is 0.257 e. The van der Waals surface area contributed by atoms with Crippen LogP contribution >= 0.6 is 0 Å². The fraction of sp³-hybridized carbons (Fsp3) is 0.182. The fourth-order valence-corrected chi connectivity index (χ4v) is 3.84. The number of nitrogens with one attached hydrogen (secondary N) is 1. The number of aromatic nitrogens is 1. The molecule has 0 spiro atoms. The van der Waals surface area contributed by atoms with Gasteiger partial charge in [-0.2, -0.15) is 0 Å². The Morgan fingerprint density at radius 1 is 1.03 bits per heavy atom. The van der Waals surface area contributed by atoms with Crippen molar-refractivity contribution < 1.29 is 17.9 Å². The van der Waals surface area contributed by atoms with Crippen molar-refractivity contribution in [1.29, 1.82) is 0 Å². The second-order valence-electron chi connectivity index (χ2n) is 6.80. The highest BCUT2D eigenvalue weighted by Gasteiger charge is 2.20. The van der Waals surface area contributed by atoms with Gasteiger partial charge in [-0.25, -0.2) is 12.7 Å². The number of sulfonamides is 1. The number of carbonyl (C=O) groups excluding carboxylic acids is 1. The van der Waals surface area contributed by atoms with Crippen LogP contribution in [0.3, 0.4) is 0 Å². The molecule has 7 nitrogen and oxygen atoms in total. The number of nitrogens with zero attached hydrogens (tertiary/aromatic N) is 2. The molecule has 0 saturated carbocycles. The van der Waals surface area contributed by atoms with Crippen molar-refractivity contribution in [2.75, 3.05) is 26.5 Å². The van der Waals surface area contributed by atoms with E-state index >= 15 is 0 Å². The topological polar surface area (TPSA) is 88.6 Å². The summed E-state index contributed by atoms with van der Waals surface area (Å²) < 4.78 is 31.2. The van der Waals surface area contributed by atoms with Gasteiger partial charge in [-0.05, 0) is 37.3 Å². The summed E-state index contributed by atoms with van der Waals surface area (Å²) in [7, 11) is 0.687. The summed E-state index contributed by atoms with van der Waals surface area (Å²) in [6.45, 7) is 1.76. The number of methoxy groups -OCH3 is 1. The molecule has 0 atom stereocenters. The number of benzene rings is 2. The average molecular weight is 426 g/mol. The highest BCUT2D eigenvalue weighted by atomic mass is 32.2. The Hall–Kier alpha value is -3.23. The molecule has 1 aromatic heterocycles. The van der Waals surface area contributed by atoms with Gasteiger partial charge >= 0.3 is 0 Å². The lowest BCUT2D eigenvalue weighted by molar-refractivity contribution is 0.102. The zero-order valence-electron chi connectivity index (χ0n) is 17.2. The van der Waals surface area contributed by atoms with Gasteiger partial charge in [0.2, 0.25) is 10.0 Å². The van der Waals surface area contributed by atoms with Gasteiger partial charge in [0.05, 0.1) is 34.6 Å². The van der Waals surface area contributed by atoms with Crippen molar-refractivity contribution in [2.45, 2.75) is 11.8 Å². The molecule has 0 radical (unpaired) electrons. The molecule has 8 heteroatoms. The van der Waals surface area contributed by atoms with Gasteiger partial charge in [0.15, 0.2) is 0 Å². The Labute approximate surface area is 176 Å². The minimum absolute atomic E-state index is 0.0536. The van der Waals surface area contributed by atoms with E-state index in [1.165, 1.54) is 39.4 Å². The number of amides is 1. The SMILES string of the molecule is COc1ccc(S(=O)(=O)N(C)C)cc1NC(=O)c1ccc(-c2ccccc2)nc1C. The van der Waals surface area contributed by atoms with Crippen molar-refractivity contribution in [1.82, 2.24) is 9.29 Å². The summed E-state index contributed by atoms with van der Waals surface area (Å²) in [6.07, 6.45) is 0.